The number of benzene rings is 2. The summed E-state index contributed by atoms with van der Waals surface area (Å²) in [6, 6.07) is 14.7. The van der Waals surface area contributed by atoms with Gasteiger partial charge in [-0.1, -0.05) is 42.5 Å². The molecule has 0 spiro atoms. The van der Waals surface area contributed by atoms with Crippen molar-refractivity contribution in [2.24, 2.45) is 0 Å². The number of hydrogen-bond donors (Lipinski definition) is 2. The van der Waals surface area contributed by atoms with Crippen LogP contribution < -0.4 is 5.32 Å². The number of fused-ring (bicyclic) bond motifs is 1. The molecule has 1 amide bonds. The predicted molar refractivity (Wildman–Crippen MR) is 79.5 cm³/mol. The van der Waals surface area contributed by atoms with Crippen LogP contribution in [0.15, 0.2) is 42.5 Å². The number of nitrogens with one attached hydrogen (secondary N) is 1. The van der Waals surface area contributed by atoms with E-state index in [1.54, 1.807) is 0 Å². The van der Waals surface area contributed by atoms with E-state index in [1.807, 2.05) is 12.1 Å². The maximum Gasteiger partial charge on any atom is 0.251 e. The topological polar surface area (TPSA) is 49.3 Å². The molecule has 0 bridgehead atoms. The van der Waals surface area contributed by atoms with Gasteiger partial charge in [0.15, 0.2) is 0 Å². The second kappa shape index (κ2) is 4.60. The van der Waals surface area contributed by atoms with Crippen molar-refractivity contribution in [3.05, 3.63) is 48.0 Å². The van der Waals surface area contributed by atoms with Crippen LogP contribution >= 0.6 is 0 Å². The quantitative estimate of drug-likeness (QED) is 0.899. The molecule has 0 aliphatic heterocycles. The Hall–Kier alpha value is -1.87. The Labute approximate surface area is 118 Å². The highest BCUT2D eigenvalue weighted by Crippen LogP contribution is 2.43. The van der Waals surface area contributed by atoms with Gasteiger partial charge in [0.25, 0.3) is 5.91 Å². The van der Waals surface area contributed by atoms with Crippen LogP contribution in [-0.2, 0) is 4.79 Å². The zero-order valence-electron chi connectivity index (χ0n) is 11.8. The third-order valence-corrected chi connectivity index (χ3v) is 3.89. The van der Waals surface area contributed by atoms with Crippen molar-refractivity contribution < 1.29 is 9.90 Å². The number of carbonyl (C=O) groups excluding carboxylic acids is 1. The van der Waals surface area contributed by atoms with E-state index < -0.39 is 5.60 Å². The monoisotopic (exact) mass is 269 g/mol. The molecule has 104 valence electrons. The number of rotatable bonds is 3. The molecule has 0 heterocycles. The minimum Gasteiger partial charge on any atom is -0.381 e. The largest absolute Gasteiger partial charge is 0.381 e. The van der Waals surface area contributed by atoms with Gasteiger partial charge in [-0.05, 0) is 36.6 Å². The smallest absolute Gasteiger partial charge is 0.251 e. The van der Waals surface area contributed by atoms with E-state index in [9.17, 15) is 9.90 Å². The van der Waals surface area contributed by atoms with E-state index >= 15 is 0 Å². The molecule has 2 aromatic rings. The molecule has 3 rings (SSSR count). The lowest BCUT2D eigenvalue weighted by atomic mass is 10.0. The maximum absolute atomic E-state index is 11.8. The van der Waals surface area contributed by atoms with Gasteiger partial charge in [0, 0.05) is 12.0 Å². The second-order valence-electron chi connectivity index (χ2n) is 6.05. The van der Waals surface area contributed by atoms with Crippen molar-refractivity contribution in [1.29, 1.82) is 0 Å². The molecule has 1 aliphatic rings. The molecular weight excluding hydrogens is 250 g/mol. The summed E-state index contributed by atoms with van der Waals surface area (Å²) in [5, 5.41) is 15.1. The number of carbonyl (C=O) groups is 1. The fourth-order valence-electron chi connectivity index (χ4n) is 2.62. The average molecular weight is 269 g/mol. The van der Waals surface area contributed by atoms with E-state index in [2.05, 4.69) is 35.6 Å². The lowest BCUT2D eigenvalue weighted by Crippen LogP contribution is -2.43. The first-order chi connectivity index (χ1) is 9.47. The van der Waals surface area contributed by atoms with Gasteiger partial charge in [-0.2, -0.15) is 0 Å². The molecule has 1 saturated carbocycles. The molecule has 2 aromatic carbocycles. The van der Waals surface area contributed by atoms with E-state index in [0.29, 0.717) is 5.92 Å². The van der Waals surface area contributed by atoms with Crippen LogP contribution in [-0.4, -0.2) is 22.7 Å². The summed E-state index contributed by atoms with van der Waals surface area (Å²) in [6.45, 7) is 3.02. The maximum atomic E-state index is 11.8. The summed E-state index contributed by atoms with van der Waals surface area (Å²) in [5.74, 6) is 0.0534. The highest BCUT2D eigenvalue weighted by atomic mass is 16.3. The van der Waals surface area contributed by atoms with Crippen molar-refractivity contribution in [2.45, 2.75) is 37.8 Å². The van der Waals surface area contributed by atoms with Gasteiger partial charge in [-0.3, -0.25) is 4.79 Å². The summed E-state index contributed by atoms with van der Waals surface area (Å²) in [4.78, 5) is 11.8. The summed E-state index contributed by atoms with van der Waals surface area (Å²) < 4.78 is 0. The van der Waals surface area contributed by atoms with Crippen LogP contribution in [0.5, 0.6) is 0 Å². The van der Waals surface area contributed by atoms with Crippen LogP contribution in [0.4, 0.5) is 0 Å². The Morgan fingerprint density at radius 1 is 1.20 bits per heavy atom. The molecule has 2 atom stereocenters. The van der Waals surface area contributed by atoms with Gasteiger partial charge < -0.3 is 10.4 Å². The van der Waals surface area contributed by atoms with E-state index in [4.69, 9.17) is 0 Å². The van der Waals surface area contributed by atoms with Gasteiger partial charge in [-0.25, -0.2) is 0 Å². The summed E-state index contributed by atoms with van der Waals surface area (Å²) in [5.41, 5.74) is -0.0320. The minimum atomic E-state index is -1.31. The van der Waals surface area contributed by atoms with Crippen molar-refractivity contribution in [2.75, 3.05) is 0 Å². The minimum absolute atomic E-state index is 0.139. The van der Waals surface area contributed by atoms with E-state index in [1.165, 1.54) is 30.2 Å². The second-order valence-corrected chi connectivity index (χ2v) is 6.05. The first-order valence-electron chi connectivity index (χ1n) is 6.98. The predicted octanol–water partition coefficient (Wildman–Crippen LogP) is 2.58. The molecule has 2 N–H and O–H groups in total. The zero-order chi connectivity index (χ0) is 14.3. The third kappa shape index (κ3) is 2.41. The molecule has 1 fully saturated rings. The lowest BCUT2D eigenvalue weighted by Gasteiger charge is -2.16. The van der Waals surface area contributed by atoms with Crippen LogP contribution in [0, 0.1) is 0 Å². The Kier molecular flexibility index (Phi) is 3.02. The number of aliphatic hydroxyl groups is 1. The fourth-order valence-corrected chi connectivity index (χ4v) is 2.62. The molecule has 3 nitrogen and oxygen atoms in total. The molecular formula is C17H19NO2. The van der Waals surface area contributed by atoms with Crippen molar-refractivity contribution in [1.82, 2.24) is 5.32 Å². The normalized spacial score (nSPS) is 21.8. The molecule has 0 aromatic heterocycles. The molecule has 0 unspecified atom stereocenters. The number of hydrogen-bond acceptors (Lipinski definition) is 2. The highest BCUT2D eigenvalue weighted by molar-refractivity contribution is 5.87. The molecule has 20 heavy (non-hydrogen) atoms. The Morgan fingerprint density at radius 3 is 2.65 bits per heavy atom. The first kappa shape index (κ1) is 13.1. The highest BCUT2D eigenvalue weighted by Gasteiger charge is 2.42. The SMILES string of the molecule is CC(C)(O)C(=O)N[C@@H]1C[C@H]1c1cccc2ccccc12. The van der Waals surface area contributed by atoms with Gasteiger partial charge in [0.05, 0.1) is 0 Å². The molecule has 3 heteroatoms. The standard InChI is InChI=1S/C17H19NO2/c1-17(2,20)16(19)18-15-10-14(15)13-9-5-7-11-6-3-4-8-12(11)13/h3-9,14-15,20H,10H2,1-2H3,(H,18,19)/t14-,15+/m0/s1. The zero-order valence-corrected chi connectivity index (χ0v) is 11.8. The Balaban J connectivity index is 1.80. The van der Waals surface area contributed by atoms with E-state index in [-0.39, 0.29) is 11.9 Å². The van der Waals surface area contributed by atoms with Gasteiger partial charge in [0.2, 0.25) is 0 Å². The van der Waals surface area contributed by atoms with Gasteiger partial charge >= 0.3 is 0 Å². The average Bonchev–Trinajstić information content (AvgIpc) is 3.16. The Morgan fingerprint density at radius 2 is 1.90 bits per heavy atom. The van der Waals surface area contributed by atoms with Crippen LogP contribution in [0.1, 0.15) is 31.7 Å². The first-order valence-corrected chi connectivity index (χ1v) is 6.98. The third-order valence-electron chi connectivity index (χ3n) is 3.89. The van der Waals surface area contributed by atoms with Crippen LogP contribution in [0.3, 0.4) is 0 Å². The van der Waals surface area contributed by atoms with Crippen molar-refractivity contribution in [3.8, 4) is 0 Å². The van der Waals surface area contributed by atoms with Crippen LogP contribution in [0.2, 0.25) is 0 Å². The summed E-state index contributed by atoms with van der Waals surface area (Å²) in [7, 11) is 0. The van der Waals surface area contributed by atoms with Crippen molar-refractivity contribution in [3.63, 3.8) is 0 Å². The summed E-state index contributed by atoms with van der Waals surface area (Å²) in [6.07, 6.45) is 0.940. The molecule has 1 aliphatic carbocycles. The fraction of sp³-hybridized carbons (Fsp3) is 0.353. The molecule has 0 saturated heterocycles. The lowest BCUT2D eigenvalue weighted by molar-refractivity contribution is -0.136. The molecule has 0 radical (unpaired) electrons. The van der Waals surface area contributed by atoms with Crippen LogP contribution in [0.25, 0.3) is 10.8 Å². The van der Waals surface area contributed by atoms with Gasteiger partial charge in [-0.15, -0.1) is 0 Å². The Bertz CT molecular complexity index is 652. The van der Waals surface area contributed by atoms with Crippen molar-refractivity contribution >= 4 is 16.7 Å². The van der Waals surface area contributed by atoms with Gasteiger partial charge in [0.1, 0.15) is 5.60 Å². The summed E-state index contributed by atoms with van der Waals surface area (Å²) >= 11 is 0. The number of amides is 1. The van der Waals surface area contributed by atoms with E-state index in [0.717, 1.165) is 6.42 Å².